The van der Waals surface area contributed by atoms with Crippen molar-refractivity contribution >= 4 is 5.78 Å². The lowest BCUT2D eigenvalue weighted by Crippen LogP contribution is -2.03. The summed E-state index contributed by atoms with van der Waals surface area (Å²) < 4.78 is 0. The van der Waals surface area contributed by atoms with Crippen molar-refractivity contribution in [2.24, 2.45) is 0 Å². The van der Waals surface area contributed by atoms with Crippen LogP contribution in [0.5, 0.6) is 0 Å². The van der Waals surface area contributed by atoms with Gasteiger partial charge in [0, 0.05) is 17.5 Å². The smallest absolute Gasteiger partial charge is 0.228 e. The minimum absolute atomic E-state index is 0.0706. The summed E-state index contributed by atoms with van der Waals surface area (Å²) in [7, 11) is 0. The van der Waals surface area contributed by atoms with Gasteiger partial charge >= 0.3 is 0 Å². The molecule has 0 bridgehead atoms. The molecule has 3 nitrogen and oxygen atoms in total. The highest BCUT2D eigenvalue weighted by Crippen LogP contribution is 2.06. The molecular formula is C11H10N2O. The number of ketones is 1. The Morgan fingerprint density at radius 2 is 2.00 bits per heavy atom. The highest BCUT2D eigenvalue weighted by atomic mass is 16.1. The second kappa shape index (κ2) is 3.46. The van der Waals surface area contributed by atoms with E-state index in [2.05, 4.69) is 9.97 Å². The molecule has 1 heterocycles. The first-order valence-electron chi connectivity index (χ1n) is 4.39. The van der Waals surface area contributed by atoms with E-state index >= 15 is 0 Å². The van der Waals surface area contributed by atoms with Crippen LogP contribution < -0.4 is 0 Å². The monoisotopic (exact) mass is 186 g/mol. The number of aromatic nitrogens is 2. The van der Waals surface area contributed by atoms with Crippen molar-refractivity contribution < 1.29 is 4.79 Å². The van der Waals surface area contributed by atoms with Crippen LogP contribution in [0.2, 0.25) is 0 Å². The fourth-order valence-corrected chi connectivity index (χ4v) is 1.25. The van der Waals surface area contributed by atoms with Crippen molar-refractivity contribution in [3.05, 3.63) is 53.6 Å². The average molecular weight is 186 g/mol. The van der Waals surface area contributed by atoms with E-state index in [4.69, 9.17) is 0 Å². The zero-order chi connectivity index (χ0) is 9.97. The van der Waals surface area contributed by atoms with E-state index in [9.17, 15) is 4.79 Å². The van der Waals surface area contributed by atoms with Crippen molar-refractivity contribution in [2.75, 3.05) is 0 Å². The normalized spacial score (nSPS) is 10.1. The minimum atomic E-state index is -0.0706. The standard InChI is InChI=1S/C11H10N2O/c1-8-7-12-11(13-8)10(14)9-5-3-2-4-6-9/h2-7H,1H3,(H,12,13). The van der Waals surface area contributed by atoms with Crippen molar-refractivity contribution in [1.82, 2.24) is 9.97 Å². The van der Waals surface area contributed by atoms with Crippen LogP contribution in [0.25, 0.3) is 0 Å². The summed E-state index contributed by atoms with van der Waals surface area (Å²) in [5, 5.41) is 0. The fourth-order valence-electron chi connectivity index (χ4n) is 1.25. The summed E-state index contributed by atoms with van der Waals surface area (Å²) in [6.07, 6.45) is 1.65. The third-order valence-electron chi connectivity index (χ3n) is 1.95. The maximum absolute atomic E-state index is 11.8. The molecule has 2 rings (SSSR count). The number of rotatable bonds is 2. The van der Waals surface area contributed by atoms with Gasteiger partial charge in [0.15, 0.2) is 5.82 Å². The van der Waals surface area contributed by atoms with Gasteiger partial charge in [0.2, 0.25) is 5.78 Å². The molecule has 0 aliphatic heterocycles. The maximum Gasteiger partial charge on any atom is 0.228 e. The van der Waals surface area contributed by atoms with Crippen molar-refractivity contribution in [3.8, 4) is 0 Å². The molecule has 14 heavy (non-hydrogen) atoms. The van der Waals surface area contributed by atoms with Gasteiger partial charge in [-0.3, -0.25) is 4.79 Å². The van der Waals surface area contributed by atoms with Crippen LogP contribution in [0, 0.1) is 6.92 Å². The van der Waals surface area contributed by atoms with Gasteiger partial charge in [0.05, 0.1) is 0 Å². The largest absolute Gasteiger partial charge is 0.339 e. The Bertz CT molecular complexity index is 445. The summed E-state index contributed by atoms with van der Waals surface area (Å²) in [5.74, 6) is 0.326. The lowest BCUT2D eigenvalue weighted by atomic mass is 10.1. The van der Waals surface area contributed by atoms with Crippen LogP contribution >= 0.6 is 0 Å². The van der Waals surface area contributed by atoms with Gasteiger partial charge in [-0.1, -0.05) is 30.3 Å². The Kier molecular flexibility index (Phi) is 2.14. The molecule has 0 aliphatic carbocycles. The highest BCUT2D eigenvalue weighted by Gasteiger charge is 2.10. The molecule has 0 unspecified atom stereocenters. The molecule has 1 aromatic carbocycles. The predicted octanol–water partition coefficient (Wildman–Crippen LogP) is 1.95. The molecule has 70 valence electrons. The molecule has 0 saturated heterocycles. The maximum atomic E-state index is 11.8. The van der Waals surface area contributed by atoms with Crippen LogP contribution in [0.1, 0.15) is 21.9 Å². The number of benzene rings is 1. The van der Waals surface area contributed by atoms with Gasteiger partial charge in [0.1, 0.15) is 0 Å². The van der Waals surface area contributed by atoms with Gasteiger partial charge in [-0.05, 0) is 6.92 Å². The predicted molar refractivity (Wildman–Crippen MR) is 53.2 cm³/mol. The molecular weight excluding hydrogens is 176 g/mol. The number of carbonyl (C=O) groups is 1. The van der Waals surface area contributed by atoms with E-state index in [1.165, 1.54) is 0 Å². The number of hydrogen-bond acceptors (Lipinski definition) is 2. The van der Waals surface area contributed by atoms with Crippen molar-refractivity contribution in [3.63, 3.8) is 0 Å². The lowest BCUT2D eigenvalue weighted by molar-refractivity contribution is 0.103. The number of aromatic amines is 1. The summed E-state index contributed by atoms with van der Waals surface area (Å²) in [4.78, 5) is 18.7. The first-order chi connectivity index (χ1) is 6.77. The van der Waals surface area contributed by atoms with E-state index < -0.39 is 0 Å². The number of carbonyl (C=O) groups excluding carboxylic acids is 1. The van der Waals surface area contributed by atoms with Crippen molar-refractivity contribution in [2.45, 2.75) is 6.92 Å². The van der Waals surface area contributed by atoms with Crippen LogP contribution in [0.3, 0.4) is 0 Å². The van der Waals surface area contributed by atoms with Crippen LogP contribution in [0.4, 0.5) is 0 Å². The molecule has 0 spiro atoms. The lowest BCUT2D eigenvalue weighted by Gasteiger charge is -1.95. The molecule has 1 aromatic heterocycles. The third-order valence-corrected chi connectivity index (χ3v) is 1.95. The van der Waals surface area contributed by atoms with Gasteiger partial charge < -0.3 is 4.98 Å². The minimum Gasteiger partial charge on any atom is -0.339 e. The Morgan fingerprint density at radius 1 is 1.29 bits per heavy atom. The SMILES string of the molecule is Cc1cnc(C(=O)c2ccccc2)[nH]1. The van der Waals surface area contributed by atoms with E-state index in [0.717, 1.165) is 5.69 Å². The second-order valence-electron chi connectivity index (χ2n) is 3.11. The van der Waals surface area contributed by atoms with Gasteiger partial charge in [-0.15, -0.1) is 0 Å². The molecule has 0 fully saturated rings. The Labute approximate surface area is 81.8 Å². The summed E-state index contributed by atoms with van der Waals surface area (Å²) in [6, 6.07) is 9.11. The Morgan fingerprint density at radius 3 is 2.57 bits per heavy atom. The quantitative estimate of drug-likeness (QED) is 0.728. The van der Waals surface area contributed by atoms with E-state index in [1.807, 2.05) is 25.1 Å². The van der Waals surface area contributed by atoms with Gasteiger partial charge in [-0.25, -0.2) is 4.98 Å². The summed E-state index contributed by atoms with van der Waals surface area (Å²) in [6.45, 7) is 1.87. The fraction of sp³-hybridized carbons (Fsp3) is 0.0909. The second-order valence-corrected chi connectivity index (χ2v) is 3.11. The zero-order valence-electron chi connectivity index (χ0n) is 7.82. The first kappa shape index (κ1) is 8.69. The number of hydrogen-bond donors (Lipinski definition) is 1. The van der Waals surface area contributed by atoms with Gasteiger partial charge in [-0.2, -0.15) is 0 Å². The molecule has 0 aliphatic rings. The van der Waals surface area contributed by atoms with Crippen LogP contribution in [-0.2, 0) is 0 Å². The van der Waals surface area contributed by atoms with E-state index in [-0.39, 0.29) is 5.78 Å². The number of imidazole rings is 1. The molecule has 0 saturated carbocycles. The molecule has 1 N–H and O–H groups in total. The van der Waals surface area contributed by atoms with E-state index in [0.29, 0.717) is 11.4 Å². The molecule has 3 heteroatoms. The molecule has 0 atom stereocenters. The first-order valence-corrected chi connectivity index (χ1v) is 4.39. The Balaban J connectivity index is 2.34. The summed E-state index contributed by atoms with van der Waals surface area (Å²) in [5.41, 5.74) is 1.55. The number of H-pyrrole nitrogens is 1. The van der Waals surface area contributed by atoms with Crippen LogP contribution in [0.15, 0.2) is 36.5 Å². The third kappa shape index (κ3) is 1.57. The molecule has 0 radical (unpaired) electrons. The average Bonchev–Trinajstić information content (AvgIpc) is 2.65. The van der Waals surface area contributed by atoms with Crippen LogP contribution in [-0.4, -0.2) is 15.8 Å². The topological polar surface area (TPSA) is 45.8 Å². The summed E-state index contributed by atoms with van der Waals surface area (Å²) >= 11 is 0. The number of aryl methyl sites for hydroxylation is 1. The highest BCUT2D eigenvalue weighted by molar-refractivity contribution is 6.06. The van der Waals surface area contributed by atoms with Crippen molar-refractivity contribution in [1.29, 1.82) is 0 Å². The van der Waals surface area contributed by atoms with E-state index in [1.54, 1.807) is 18.3 Å². The van der Waals surface area contributed by atoms with Gasteiger partial charge in [0.25, 0.3) is 0 Å². The number of nitrogens with one attached hydrogen (secondary N) is 1. The molecule has 0 amide bonds. The number of nitrogens with zero attached hydrogens (tertiary/aromatic N) is 1. The Hall–Kier alpha value is -1.90. The zero-order valence-corrected chi connectivity index (χ0v) is 7.82. The molecule has 2 aromatic rings.